The van der Waals surface area contributed by atoms with E-state index in [1.807, 2.05) is 43.5 Å². The van der Waals surface area contributed by atoms with Gasteiger partial charge in [0.15, 0.2) is 0 Å². The zero-order valence-corrected chi connectivity index (χ0v) is 15.1. The van der Waals surface area contributed by atoms with Crippen LogP contribution in [0.5, 0.6) is 0 Å². The lowest BCUT2D eigenvalue weighted by Crippen LogP contribution is -2.47. The molecule has 0 radical (unpaired) electrons. The molecular weight excluding hydrogens is 340 g/mol. The standard InChI is InChI=1S/C18H24N4O2.ClH/c1-13(21-18(23)17(19)14-6-10-24-11-7-14)15-4-2-5-16(12-15)22-9-3-8-20-22;/h2-5,8-9,12-14,17H,6-7,10-11,19H2,1H3,(H,21,23);1H. The highest BCUT2D eigenvalue weighted by Crippen LogP contribution is 2.20. The molecule has 6 nitrogen and oxygen atoms in total. The van der Waals surface area contributed by atoms with Crippen molar-refractivity contribution in [1.82, 2.24) is 15.1 Å². The Balaban J connectivity index is 0.00000225. The molecule has 1 aromatic carbocycles. The molecule has 1 aromatic heterocycles. The Labute approximate surface area is 154 Å². The Hall–Kier alpha value is -1.89. The van der Waals surface area contributed by atoms with Crippen molar-refractivity contribution in [2.24, 2.45) is 11.7 Å². The van der Waals surface area contributed by atoms with Gasteiger partial charge in [-0.15, -0.1) is 12.4 Å². The third-order valence-corrected chi connectivity index (χ3v) is 4.57. The maximum absolute atomic E-state index is 12.4. The van der Waals surface area contributed by atoms with Gasteiger partial charge in [-0.3, -0.25) is 4.79 Å². The fourth-order valence-corrected chi connectivity index (χ4v) is 3.04. The Kier molecular flexibility index (Phi) is 6.99. The molecule has 7 heteroatoms. The molecule has 2 atom stereocenters. The van der Waals surface area contributed by atoms with Crippen LogP contribution in [0.3, 0.4) is 0 Å². The van der Waals surface area contributed by atoms with E-state index in [2.05, 4.69) is 10.4 Å². The van der Waals surface area contributed by atoms with Gasteiger partial charge in [-0.25, -0.2) is 4.68 Å². The summed E-state index contributed by atoms with van der Waals surface area (Å²) in [6, 6.07) is 9.26. The van der Waals surface area contributed by atoms with Gasteiger partial charge in [0, 0.05) is 25.6 Å². The van der Waals surface area contributed by atoms with E-state index in [0.717, 1.165) is 24.1 Å². The molecule has 0 spiro atoms. The van der Waals surface area contributed by atoms with Crippen molar-refractivity contribution in [3.8, 4) is 5.69 Å². The number of carbonyl (C=O) groups is 1. The fourth-order valence-electron chi connectivity index (χ4n) is 3.04. The molecule has 1 aliphatic rings. The van der Waals surface area contributed by atoms with Crippen LogP contribution >= 0.6 is 12.4 Å². The van der Waals surface area contributed by atoms with Gasteiger partial charge in [0.25, 0.3) is 0 Å². The summed E-state index contributed by atoms with van der Waals surface area (Å²) in [5.74, 6) is 0.0975. The van der Waals surface area contributed by atoms with E-state index in [1.165, 1.54) is 0 Å². The van der Waals surface area contributed by atoms with Crippen LogP contribution < -0.4 is 11.1 Å². The van der Waals surface area contributed by atoms with Gasteiger partial charge in [0.2, 0.25) is 5.91 Å². The Morgan fingerprint density at radius 2 is 2.12 bits per heavy atom. The van der Waals surface area contributed by atoms with Crippen molar-refractivity contribution in [2.45, 2.75) is 31.8 Å². The highest BCUT2D eigenvalue weighted by atomic mass is 35.5. The lowest BCUT2D eigenvalue weighted by atomic mass is 9.91. The number of ether oxygens (including phenoxy) is 1. The molecule has 0 bridgehead atoms. The van der Waals surface area contributed by atoms with Crippen LogP contribution in [-0.4, -0.2) is 34.9 Å². The number of nitrogens with two attached hydrogens (primary N) is 1. The van der Waals surface area contributed by atoms with Crippen LogP contribution in [0.15, 0.2) is 42.7 Å². The molecule has 3 N–H and O–H groups in total. The highest BCUT2D eigenvalue weighted by molar-refractivity contribution is 5.85. The van der Waals surface area contributed by atoms with Crippen LogP contribution in [0.4, 0.5) is 0 Å². The maximum Gasteiger partial charge on any atom is 0.237 e. The molecule has 2 aromatic rings. The molecule has 1 aliphatic heterocycles. The highest BCUT2D eigenvalue weighted by Gasteiger charge is 2.27. The van der Waals surface area contributed by atoms with Gasteiger partial charge in [0.05, 0.1) is 17.8 Å². The van der Waals surface area contributed by atoms with Gasteiger partial charge < -0.3 is 15.8 Å². The second-order valence-electron chi connectivity index (χ2n) is 6.25. The molecular formula is C18H25ClN4O2. The third kappa shape index (κ3) is 4.81. The number of benzene rings is 1. The van der Waals surface area contributed by atoms with E-state index in [0.29, 0.717) is 13.2 Å². The number of hydrogen-bond acceptors (Lipinski definition) is 4. The summed E-state index contributed by atoms with van der Waals surface area (Å²) >= 11 is 0. The summed E-state index contributed by atoms with van der Waals surface area (Å²) in [6.45, 7) is 3.34. The largest absolute Gasteiger partial charge is 0.381 e. The Bertz CT molecular complexity index is 671. The van der Waals surface area contributed by atoms with Crippen LogP contribution in [0, 0.1) is 5.92 Å². The first-order valence-corrected chi connectivity index (χ1v) is 8.39. The molecule has 1 fully saturated rings. The lowest BCUT2D eigenvalue weighted by molar-refractivity contribution is -0.125. The van der Waals surface area contributed by atoms with Gasteiger partial charge in [-0.2, -0.15) is 5.10 Å². The summed E-state index contributed by atoms with van der Waals surface area (Å²) in [7, 11) is 0. The van der Waals surface area contributed by atoms with Crippen molar-refractivity contribution >= 4 is 18.3 Å². The predicted octanol–water partition coefficient (Wildman–Crippen LogP) is 2.23. The zero-order chi connectivity index (χ0) is 16.9. The van der Waals surface area contributed by atoms with Gasteiger partial charge in [-0.05, 0) is 49.4 Å². The summed E-state index contributed by atoms with van der Waals surface area (Å²) in [4.78, 5) is 12.4. The summed E-state index contributed by atoms with van der Waals surface area (Å²) in [5, 5.41) is 7.27. The minimum absolute atomic E-state index is 0. The molecule has 136 valence electrons. The first-order chi connectivity index (χ1) is 11.6. The van der Waals surface area contributed by atoms with Crippen molar-refractivity contribution in [2.75, 3.05) is 13.2 Å². The van der Waals surface area contributed by atoms with Crippen molar-refractivity contribution in [3.05, 3.63) is 48.3 Å². The smallest absolute Gasteiger partial charge is 0.237 e. The quantitative estimate of drug-likeness (QED) is 0.852. The number of nitrogens with zero attached hydrogens (tertiary/aromatic N) is 2. The maximum atomic E-state index is 12.4. The first-order valence-electron chi connectivity index (χ1n) is 8.39. The van der Waals surface area contributed by atoms with E-state index < -0.39 is 6.04 Å². The first kappa shape index (κ1) is 19.4. The molecule has 2 unspecified atom stereocenters. The van der Waals surface area contributed by atoms with Gasteiger partial charge in [-0.1, -0.05) is 12.1 Å². The molecule has 1 amide bonds. The number of halogens is 1. The van der Waals surface area contributed by atoms with E-state index in [1.54, 1.807) is 10.9 Å². The zero-order valence-electron chi connectivity index (χ0n) is 14.3. The Morgan fingerprint density at radius 3 is 2.80 bits per heavy atom. The van der Waals surface area contributed by atoms with E-state index in [9.17, 15) is 4.79 Å². The SMILES string of the molecule is CC(NC(=O)C(N)C1CCOCC1)c1cccc(-n2cccn2)c1.Cl. The van der Waals surface area contributed by atoms with E-state index in [4.69, 9.17) is 10.5 Å². The minimum Gasteiger partial charge on any atom is -0.381 e. The molecule has 2 heterocycles. The van der Waals surface area contributed by atoms with E-state index in [-0.39, 0.29) is 30.3 Å². The number of rotatable bonds is 5. The monoisotopic (exact) mass is 364 g/mol. The van der Waals surface area contributed by atoms with Crippen molar-refractivity contribution < 1.29 is 9.53 Å². The fraction of sp³-hybridized carbons (Fsp3) is 0.444. The second kappa shape index (κ2) is 8.99. The Morgan fingerprint density at radius 1 is 1.36 bits per heavy atom. The minimum atomic E-state index is -0.481. The van der Waals surface area contributed by atoms with Crippen LogP contribution in [0.2, 0.25) is 0 Å². The summed E-state index contributed by atoms with van der Waals surface area (Å²) in [5.41, 5.74) is 8.13. The predicted molar refractivity (Wildman–Crippen MR) is 98.9 cm³/mol. The number of aromatic nitrogens is 2. The van der Waals surface area contributed by atoms with Gasteiger partial charge in [0.1, 0.15) is 0 Å². The van der Waals surface area contributed by atoms with Crippen LogP contribution in [0.1, 0.15) is 31.4 Å². The molecule has 25 heavy (non-hydrogen) atoms. The molecule has 0 saturated carbocycles. The molecule has 1 saturated heterocycles. The number of carbonyl (C=O) groups excluding carboxylic acids is 1. The average Bonchev–Trinajstić information content (AvgIpc) is 3.16. The molecule has 3 rings (SSSR count). The third-order valence-electron chi connectivity index (χ3n) is 4.57. The second-order valence-corrected chi connectivity index (χ2v) is 6.25. The van der Waals surface area contributed by atoms with E-state index >= 15 is 0 Å². The molecule has 0 aliphatic carbocycles. The lowest BCUT2D eigenvalue weighted by Gasteiger charge is -2.28. The summed E-state index contributed by atoms with van der Waals surface area (Å²) < 4.78 is 7.13. The van der Waals surface area contributed by atoms with Gasteiger partial charge >= 0.3 is 0 Å². The number of hydrogen-bond donors (Lipinski definition) is 2. The van der Waals surface area contributed by atoms with Crippen molar-refractivity contribution in [3.63, 3.8) is 0 Å². The number of nitrogens with one attached hydrogen (secondary N) is 1. The van der Waals surface area contributed by atoms with Crippen LogP contribution in [0.25, 0.3) is 5.69 Å². The van der Waals surface area contributed by atoms with Crippen molar-refractivity contribution in [1.29, 1.82) is 0 Å². The topological polar surface area (TPSA) is 82.2 Å². The number of amides is 1. The summed E-state index contributed by atoms with van der Waals surface area (Å²) in [6.07, 6.45) is 5.32. The normalized spacial score (nSPS) is 17.4. The van der Waals surface area contributed by atoms with Crippen LogP contribution in [-0.2, 0) is 9.53 Å². The average molecular weight is 365 g/mol.